The number of hydrogen-bond acceptors (Lipinski definition) is 5. The molecule has 2 heterocycles. The SMILES string of the molecule is CCOC(=O)c1ccc(CSc2nc3ccncc3n2Cc2ccc(C)cc2)cc1. The Morgan fingerprint density at radius 1 is 1.03 bits per heavy atom. The highest BCUT2D eigenvalue weighted by Gasteiger charge is 2.13. The zero-order valence-corrected chi connectivity index (χ0v) is 17.9. The fourth-order valence-electron chi connectivity index (χ4n) is 3.19. The molecule has 30 heavy (non-hydrogen) atoms. The van der Waals surface area contributed by atoms with Gasteiger partial charge in [-0.1, -0.05) is 53.7 Å². The quantitative estimate of drug-likeness (QED) is 0.303. The number of ether oxygens (including phenoxy) is 1. The standard InChI is InChI=1S/C24H23N3O2S/c1-3-29-23(28)20-10-8-19(9-11-20)16-30-24-26-21-12-13-25-14-22(21)27(24)15-18-6-4-17(2)5-7-18/h4-14H,3,15-16H2,1-2H3. The predicted octanol–water partition coefficient (Wildman–Crippen LogP) is 5.26. The predicted molar refractivity (Wildman–Crippen MR) is 120 cm³/mol. The Balaban J connectivity index is 1.55. The Kier molecular flexibility index (Phi) is 6.14. The molecule has 0 amide bonds. The number of rotatable bonds is 7. The second kappa shape index (κ2) is 9.13. The molecule has 152 valence electrons. The van der Waals surface area contributed by atoms with E-state index in [4.69, 9.17) is 9.72 Å². The van der Waals surface area contributed by atoms with Gasteiger partial charge in [-0.3, -0.25) is 4.98 Å². The average Bonchev–Trinajstić information content (AvgIpc) is 3.12. The number of nitrogens with zero attached hydrogens (tertiary/aromatic N) is 3. The zero-order chi connectivity index (χ0) is 20.9. The molecule has 4 rings (SSSR count). The highest BCUT2D eigenvalue weighted by Crippen LogP contribution is 2.27. The van der Waals surface area contributed by atoms with Crippen LogP contribution in [0.1, 0.15) is 34.0 Å². The molecule has 0 aliphatic heterocycles. The second-order valence-corrected chi connectivity index (χ2v) is 7.98. The molecule has 4 aromatic rings. The smallest absolute Gasteiger partial charge is 0.338 e. The third-order valence-corrected chi connectivity index (χ3v) is 5.86. The monoisotopic (exact) mass is 417 g/mol. The van der Waals surface area contributed by atoms with E-state index in [1.807, 2.05) is 36.5 Å². The van der Waals surface area contributed by atoms with Crippen molar-refractivity contribution >= 4 is 28.8 Å². The summed E-state index contributed by atoms with van der Waals surface area (Å²) in [6, 6.07) is 18.1. The number of pyridine rings is 1. The maximum Gasteiger partial charge on any atom is 0.338 e. The van der Waals surface area contributed by atoms with E-state index in [9.17, 15) is 4.79 Å². The lowest BCUT2D eigenvalue weighted by Crippen LogP contribution is -2.04. The van der Waals surface area contributed by atoms with Gasteiger partial charge in [0.2, 0.25) is 0 Å². The van der Waals surface area contributed by atoms with E-state index in [0.29, 0.717) is 12.2 Å². The van der Waals surface area contributed by atoms with E-state index >= 15 is 0 Å². The number of thioether (sulfide) groups is 1. The van der Waals surface area contributed by atoms with Crippen LogP contribution in [0, 0.1) is 6.92 Å². The van der Waals surface area contributed by atoms with Gasteiger partial charge in [0, 0.05) is 11.9 Å². The summed E-state index contributed by atoms with van der Waals surface area (Å²) in [4.78, 5) is 20.9. The van der Waals surface area contributed by atoms with E-state index in [1.54, 1.807) is 24.9 Å². The molecule has 0 aliphatic rings. The summed E-state index contributed by atoms with van der Waals surface area (Å²) in [5, 5.41) is 0.952. The molecule has 6 heteroatoms. The molecular weight excluding hydrogens is 394 g/mol. The van der Waals surface area contributed by atoms with Crippen molar-refractivity contribution in [1.29, 1.82) is 0 Å². The molecule has 0 unspecified atom stereocenters. The van der Waals surface area contributed by atoms with E-state index in [0.717, 1.165) is 34.1 Å². The second-order valence-electron chi connectivity index (χ2n) is 7.04. The molecule has 0 radical (unpaired) electrons. The minimum Gasteiger partial charge on any atom is -0.462 e. The first-order chi connectivity index (χ1) is 14.6. The number of aryl methyl sites for hydroxylation is 1. The molecule has 2 aromatic heterocycles. The van der Waals surface area contributed by atoms with Crippen LogP contribution in [0.5, 0.6) is 0 Å². The van der Waals surface area contributed by atoms with Crippen LogP contribution in [0.15, 0.2) is 72.1 Å². The van der Waals surface area contributed by atoms with Gasteiger partial charge in [-0.15, -0.1) is 0 Å². The fourth-order valence-corrected chi connectivity index (χ4v) is 4.16. The maximum atomic E-state index is 11.8. The largest absolute Gasteiger partial charge is 0.462 e. The van der Waals surface area contributed by atoms with Gasteiger partial charge < -0.3 is 9.30 Å². The Hall–Kier alpha value is -3.12. The van der Waals surface area contributed by atoms with Gasteiger partial charge >= 0.3 is 5.97 Å². The van der Waals surface area contributed by atoms with E-state index in [2.05, 4.69) is 40.7 Å². The van der Waals surface area contributed by atoms with Crippen molar-refractivity contribution in [3.8, 4) is 0 Å². The number of carbonyl (C=O) groups excluding carboxylic acids is 1. The van der Waals surface area contributed by atoms with Gasteiger partial charge in [0.05, 0.1) is 35.9 Å². The summed E-state index contributed by atoms with van der Waals surface area (Å²) in [6.07, 6.45) is 3.64. The van der Waals surface area contributed by atoms with Crippen LogP contribution in [0.4, 0.5) is 0 Å². The lowest BCUT2D eigenvalue weighted by atomic mass is 10.1. The van der Waals surface area contributed by atoms with Gasteiger partial charge in [-0.2, -0.15) is 0 Å². The Morgan fingerprint density at radius 3 is 2.50 bits per heavy atom. The summed E-state index contributed by atoms with van der Waals surface area (Å²) in [7, 11) is 0. The van der Waals surface area contributed by atoms with E-state index in [1.165, 1.54) is 11.1 Å². The molecule has 0 atom stereocenters. The third kappa shape index (κ3) is 4.54. The van der Waals surface area contributed by atoms with Crippen LogP contribution in [-0.2, 0) is 17.0 Å². The van der Waals surface area contributed by atoms with Gasteiger partial charge in [-0.05, 0) is 43.2 Å². The van der Waals surface area contributed by atoms with Crippen molar-refractivity contribution < 1.29 is 9.53 Å². The van der Waals surface area contributed by atoms with Gasteiger partial charge in [0.15, 0.2) is 5.16 Å². The molecule has 0 fully saturated rings. The zero-order valence-electron chi connectivity index (χ0n) is 17.0. The first kappa shape index (κ1) is 20.2. The van der Waals surface area contributed by atoms with Crippen LogP contribution in [0.25, 0.3) is 11.0 Å². The van der Waals surface area contributed by atoms with Gasteiger partial charge in [-0.25, -0.2) is 9.78 Å². The number of carbonyl (C=O) groups is 1. The Bertz CT molecular complexity index is 1150. The van der Waals surface area contributed by atoms with Crippen molar-refractivity contribution in [2.45, 2.75) is 31.3 Å². The summed E-state index contributed by atoms with van der Waals surface area (Å²) < 4.78 is 7.26. The fraction of sp³-hybridized carbons (Fsp3) is 0.208. The van der Waals surface area contributed by atoms with Crippen LogP contribution in [0.3, 0.4) is 0 Å². The van der Waals surface area contributed by atoms with Crippen molar-refractivity contribution in [3.63, 3.8) is 0 Å². The maximum absolute atomic E-state index is 11.8. The van der Waals surface area contributed by atoms with Crippen molar-refractivity contribution in [3.05, 3.63) is 89.2 Å². The molecule has 5 nitrogen and oxygen atoms in total. The Morgan fingerprint density at radius 2 is 1.77 bits per heavy atom. The van der Waals surface area contributed by atoms with E-state index < -0.39 is 0 Å². The molecule has 2 aromatic carbocycles. The normalized spacial score (nSPS) is 11.0. The summed E-state index contributed by atoms with van der Waals surface area (Å²) in [5.74, 6) is 0.470. The summed E-state index contributed by atoms with van der Waals surface area (Å²) >= 11 is 1.68. The van der Waals surface area contributed by atoms with Crippen molar-refractivity contribution in [2.24, 2.45) is 0 Å². The van der Waals surface area contributed by atoms with Crippen molar-refractivity contribution in [1.82, 2.24) is 14.5 Å². The number of benzene rings is 2. The summed E-state index contributed by atoms with van der Waals surface area (Å²) in [6.45, 7) is 5.02. The number of imidazole rings is 1. The van der Waals surface area contributed by atoms with E-state index in [-0.39, 0.29) is 5.97 Å². The number of fused-ring (bicyclic) bond motifs is 1. The van der Waals surface area contributed by atoms with Crippen LogP contribution in [0.2, 0.25) is 0 Å². The first-order valence-corrected chi connectivity index (χ1v) is 10.9. The molecule has 0 saturated carbocycles. The number of esters is 1. The first-order valence-electron chi connectivity index (χ1n) is 9.88. The highest BCUT2D eigenvalue weighted by molar-refractivity contribution is 7.98. The molecule has 0 spiro atoms. The van der Waals surface area contributed by atoms with Gasteiger partial charge in [0.1, 0.15) is 0 Å². The molecule has 0 N–H and O–H groups in total. The third-order valence-electron chi connectivity index (χ3n) is 4.81. The highest BCUT2D eigenvalue weighted by atomic mass is 32.2. The minimum atomic E-state index is -0.288. The average molecular weight is 418 g/mol. The molecule has 0 aliphatic carbocycles. The lowest BCUT2D eigenvalue weighted by Gasteiger charge is -2.10. The number of hydrogen-bond donors (Lipinski definition) is 0. The minimum absolute atomic E-state index is 0.288. The van der Waals surface area contributed by atoms with Gasteiger partial charge in [0.25, 0.3) is 0 Å². The molecular formula is C24H23N3O2S. The van der Waals surface area contributed by atoms with Crippen LogP contribution in [-0.4, -0.2) is 27.1 Å². The topological polar surface area (TPSA) is 57.0 Å². The molecule has 0 saturated heterocycles. The van der Waals surface area contributed by atoms with Crippen LogP contribution >= 0.6 is 11.8 Å². The molecule has 0 bridgehead atoms. The summed E-state index contributed by atoms with van der Waals surface area (Å²) in [5.41, 5.74) is 6.14. The number of aromatic nitrogens is 3. The van der Waals surface area contributed by atoms with Crippen LogP contribution < -0.4 is 0 Å². The van der Waals surface area contributed by atoms with Crippen molar-refractivity contribution in [2.75, 3.05) is 6.61 Å². The Labute approximate surface area is 180 Å². The lowest BCUT2D eigenvalue weighted by molar-refractivity contribution is 0.0526.